The highest BCUT2D eigenvalue weighted by Gasteiger charge is 2.14. The molecule has 9 heteroatoms. The van der Waals surface area contributed by atoms with Crippen molar-refractivity contribution in [3.05, 3.63) is 65.6 Å². The predicted octanol–water partition coefficient (Wildman–Crippen LogP) is 2.66. The molecule has 3 N–H and O–H groups in total. The second-order valence-electron chi connectivity index (χ2n) is 5.51. The lowest BCUT2D eigenvalue weighted by Crippen LogP contribution is -2.19. The fourth-order valence-electron chi connectivity index (χ4n) is 2.16. The van der Waals surface area contributed by atoms with Crippen molar-refractivity contribution in [3.63, 3.8) is 0 Å². The van der Waals surface area contributed by atoms with Crippen molar-refractivity contribution in [2.24, 2.45) is 10.8 Å². The summed E-state index contributed by atoms with van der Waals surface area (Å²) >= 11 is 0. The van der Waals surface area contributed by atoms with Crippen molar-refractivity contribution in [1.29, 1.82) is 5.26 Å². The maximum absolute atomic E-state index is 13.0. The number of aromatic nitrogens is 1. The molecule has 1 aromatic heterocycles. The van der Waals surface area contributed by atoms with E-state index < -0.39 is 5.91 Å². The number of hydrazone groups is 1. The number of carbonyl (C=O) groups excluding carboxylic acids is 1. The number of nitrogens with one attached hydrogen (secondary N) is 1. The van der Waals surface area contributed by atoms with Gasteiger partial charge >= 0.3 is 0 Å². The highest BCUT2D eigenvalue weighted by atomic mass is 19.1. The summed E-state index contributed by atoms with van der Waals surface area (Å²) in [6.07, 6.45) is 1.50. The van der Waals surface area contributed by atoms with Crippen LogP contribution in [-0.4, -0.2) is 23.7 Å². The molecule has 0 saturated heterocycles. The fraction of sp³-hybridized carbons (Fsp3) is 0.0526. The second kappa shape index (κ2) is 8.46. The summed E-state index contributed by atoms with van der Waals surface area (Å²) in [5, 5.41) is 13.2. The van der Waals surface area contributed by atoms with Gasteiger partial charge in [-0.3, -0.25) is 4.79 Å². The lowest BCUT2D eigenvalue weighted by atomic mass is 10.2. The highest BCUT2D eigenvalue weighted by molar-refractivity contribution is 5.80. The molecule has 0 spiro atoms. The Hall–Kier alpha value is -4.19. The SMILES string of the molecule is N#Cc1nc(-c2ccc(F)cc2)oc1NN=Cc1ccc(OCC(N)=O)cc1. The van der Waals surface area contributed by atoms with Gasteiger partial charge in [0.1, 0.15) is 17.6 Å². The summed E-state index contributed by atoms with van der Waals surface area (Å²) in [7, 11) is 0. The van der Waals surface area contributed by atoms with Gasteiger partial charge in [0, 0.05) is 5.56 Å². The molecule has 0 bridgehead atoms. The number of halogens is 1. The standard InChI is InChI=1S/C19H14FN5O3/c20-14-5-3-13(4-6-14)18-24-16(9-21)19(28-18)25-23-10-12-1-7-15(8-2-12)27-11-17(22)26/h1-8,10,25H,11H2,(H2,22,26). The molecule has 0 atom stereocenters. The smallest absolute Gasteiger partial charge is 0.255 e. The van der Waals surface area contributed by atoms with Crippen molar-refractivity contribution in [2.75, 3.05) is 12.0 Å². The number of amides is 1. The van der Waals surface area contributed by atoms with E-state index in [1.807, 2.05) is 6.07 Å². The number of hydrogen-bond acceptors (Lipinski definition) is 7. The van der Waals surface area contributed by atoms with E-state index in [1.165, 1.54) is 30.5 Å². The summed E-state index contributed by atoms with van der Waals surface area (Å²) < 4.78 is 23.7. The van der Waals surface area contributed by atoms with Gasteiger partial charge in [-0.1, -0.05) is 0 Å². The van der Waals surface area contributed by atoms with Crippen LogP contribution in [0.4, 0.5) is 10.3 Å². The van der Waals surface area contributed by atoms with E-state index in [0.29, 0.717) is 11.3 Å². The zero-order chi connectivity index (χ0) is 19.9. The number of nitrogens with zero attached hydrogens (tertiary/aromatic N) is 3. The van der Waals surface area contributed by atoms with E-state index in [-0.39, 0.29) is 29.9 Å². The second-order valence-corrected chi connectivity index (χ2v) is 5.51. The largest absolute Gasteiger partial charge is 0.484 e. The van der Waals surface area contributed by atoms with Crippen LogP contribution in [0.2, 0.25) is 0 Å². The van der Waals surface area contributed by atoms with Crippen molar-refractivity contribution in [3.8, 4) is 23.3 Å². The molecule has 3 aromatic rings. The van der Waals surface area contributed by atoms with Crippen LogP contribution < -0.4 is 15.9 Å². The van der Waals surface area contributed by atoms with Gasteiger partial charge in [-0.15, -0.1) is 0 Å². The van der Waals surface area contributed by atoms with Gasteiger partial charge in [-0.05, 0) is 54.1 Å². The van der Waals surface area contributed by atoms with Crippen molar-refractivity contribution >= 4 is 18.0 Å². The molecule has 8 nitrogen and oxygen atoms in total. The van der Waals surface area contributed by atoms with Gasteiger partial charge in [-0.2, -0.15) is 15.3 Å². The quantitative estimate of drug-likeness (QED) is 0.480. The lowest BCUT2D eigenvalue weighted by Gasteiger charge is -2.03. The third-order valence-corrected chi connectivity index (χ3v) is 3.47. The van der Waals surface area contributed by atoms with E-state index >= 15 is 0 Å². The van der Waals surface area contributed by atoms with Gasteiger partial charge in [0.05, 0.1) is 6.21 Å². The minimum atomic E-state index is -0.560. The van der Waals surface area contributed by atoms with Crippen molar-refractivity contribution in [1.82, 2.24) is 4.98 Å². The Morgan fingerprint density at radius 3 is 2.64 bits per heavy atom. The molecular formula is C19H14FN5O3. The molecule has 0 saturated carbocycles. The molecular weight excluding hydrogens is 365 g/mol. The first-order valence-electron chi connectivity index (χ1n) is 8.02. The molecule has 0 unspecified atom stereocenters. The van der Waals surface area contributed by atoms with Gasteiger partial charge < -0.3 is 14.9 Å². The van der Waals surface area contributed by atoms with Gasteiger partial charge in [-0.25, -0.2) is 9.82 Å². The number of oxazole rings is 1. The molecule has 28 heavy (non-hydrogen) atoms. The van der Waals surface area contributed by atoms with E-state index in [4.69, 9.17) is 14.9 Å². The Kier molecular flexibility index (Phi) is 5.62. The van der Waals surface area contributed by atoms with Crippen LogP contribution >= 0.6 is 0 Å². The normalized spacial score (nSPS) is 10.6. The molecule has 2 aromatic carbocycles. The molecule has 0 fully saturated rings. The molecule has 0 radical (unpaired) electrons. The third-order valence-electron chi connectivity index (χ3n) is 3.47. The summed E-state index contributed by atoms with van der Waals surface area (Å²) in [4.78, 5) is 14.7. The Balaban J connectivity index is 1.67. The zero-order valence-electron chi connectivity index (χ0n) is 14.4. The van der Waals surface area contributed by atoms with Crippen molar-refractivity contribution in [2.45, 2.75) is 0 Å². The molecule has 0 aliphatic heterocycles. The maximum atomic E-state index is 13.0. The van der Waals surface area contributed by atoms with E-state index in [2.05, 4.69) is 15.5 Å². The van der Waals surface area contributed by atoms with Gasteiger partial charge in [0.25, 0.3) is 11.8 Å². The third kappa shape index (κ3) is 4.70. The van der Waals surface area contributed by atoms with Gasteiger partial charge in [0.15, 0.2) is 6.61 Å². The fourth-order valence-corrected chi connectivity index (χ4v) is 2.16. The first-order valence-corrected chi connectivity index (χ1v) is 8.02. The minimum absolute atomic E-state index is 0.0201. The number of hydrogen-bond donors (Lipinski definition) is 2. The highest BCUT2D eigenvalue weighted by Crippen LogP contribution is 2.25. The van der Waals surface area contributed by atoms with E-state index in [9.17, 15) is 14.4 Å². The number of ether oxygens (including phenoxy) is 1. The van der Waals surface area contributed by atoms with Crippen LogP contribution in [0.5, 0.6) is 5.75 Å². The van der Waals surface area contributed by atoms with E-state index in [1.54, 1.807) is 24.3 Å². The lowest BCUT2D eigenvalue weighted by molar-refractivity contribution is -0.119. The average Bonchev–Trinajstić information content (AvgIpc) is 3.11. The minimum Gasteiger partial charge on any atom is -0.484 e. The number of nitriles is 1. The van der Waals surface area contributed by atoms with Crippen LogP contribution in [0.1, 0.15) is 11.3 Å². The molecule has 140 valence electrons. The number of rotatable bonds is 7. The Labute approximate surface area is 159 Å². The zero-order valence-corrected chi connectivity index (χ0v) is 14.4. The summed E-state index contributed by atoms with van der Waals surface area (Å²) in [5.74, 6) is -0.209. The molecule has 1 amide bonds. The monoisotopic (exact) mass is 379 g/mol. The topological polar surface area (TPSA) is 127 Å². The van der Waals surface area contributed by atoms with Gasteiger partial charge in [0.2, 0.25) is 11.6 Å². The van der Waals surface area contributed by atoms with Crippen LogP contribution in [0, 0.1) is 17.1 Å². The van der Waals surface area contributed by atoms with Crippen LogP contribution in [0.3, 0.4) is 0 Å². The first kappa shape index (κ1) is 18.6. The van der Waals surface area contributed by atoms with Crippen LogP contribution in [0.15, 0.2) is 58.0 Å². The number of nitrogens with two attached hydrogens (primary N) is 1. The Morgan fingerprint density at radius 1 is 1.29 bits per heavy atom. The van der Waals surface area contributed by atoms with E-state index in [0.717, 1.165) is 5.56 Å². The average molecular weight is 379 g/mol. The first-order chi connectivity index (χ1) is 13.5. The van der Waals surface area contributed by atoms with Crippen molar-refractivity contribution < 1.29 is 18.3 Å². The molecule has 0 aliphatic rings. The Bertz CT molecular complexity index is 1040. The number of benzene rings is 2. The van der Waals surface area contributed by atoms with Crippen LogP contribution in [-0.2, 0) is 4.79 Å². The summed E-state index contributed by atoms with van der Waals surface area (Å²) in [5.41, 5.74) is 8.91. The van der Waals surface area contributed by atoms with Crippen LogP contribution in [0.25, 0.3) is 11.5 Å². The predicted molar refractivity (Wildman–Crippen MR) is 99.0 cm³/mol. The molecule has 3 rings (SSSR count). The number of primary amides is 1. The maximum Gasteiger partial charge on any atom is 0.255 e. The molecule has 0 aliphatic carbocycles. The Morgan fingerprint density at radius 2 is 2.00 bits per heavy atom. The summed E-state index contributed by atoms with van der Waals surface area (Å²) in [6.45, 7) is -0.201. The summed E-state index contributed by atoms with van der Waals surface area (Å²) in [6, 6.07) is 14.2. The number of carbonyl (C=O) groups is 1. The number of anilines is 1. The molecule has 1 heterocycles.